The summed E-state index contributed by atoms with van der Waals surface area (Å²) in [5.74, 6) is 3.87. The van der Waals surface area contributed by atoms with Crippen LogP contribution in [0.3, 0.4) is 0 Å². The molecule has 0 saturated carbocycles. The van der Waals surface area contributed by atoms with Crippen LogP contribution in [0.15, 0.2) is 72.8 Å². The van der Waals surface area contributed by atoms with E-state index in [1.807, 2.05) is 36.4 Å². The highest BCUT2D eigenvalue weighted by Crippen LogP contribution is 2.51. The smallest absolute Gasteiger partial charge is 0.231 e. The van der Waals surface area contributed by atoms with E-state index in [2.05, 4.69) is 13.8 Å². The van der Waals surface area contributed by atoms with Crippen LogP contribution in [0.1, 0.15) is 74.4 Å². The van der Waals surface area contributed by atoms with Gasteiger partial charge < -0.3 is 53.2 Å². The summed E-state index contributed by atoms with van der Waals surface area (Å²) in [6, 6.07) is 21.5. The molecule has 0 aromatic heterocycles. The van der Waals surface area contributed by atoms with Gasteiger partial charge in [0.2, 0.25) is 6.79 Å². The number of aromatic hydroxyl groups is 1. The zero-order valence-corrected chi connectivity index (χ0v) is 29.9. The number of methoxy groups -OCH3 is 3. The Labute approximate surface area is 298 Å². The van der Waals surface area contributed by atoms with Crippen molar-refractivity contribution in [2.24, 2.45) is 11.8 Å². The van der Waals surface area contributed by atoms with E-state index in [-0.39, 0.29) is 42.3 Å². The predicted octanol–water partition coefficient (Wildman–Crippen LogP) is 7.23. The molecule has 0 bridgehead atoms. The SMILES string of the molecule is COc1cc([C@@H](O)[C@H](C)Oc2ccc([C@H]3O[C@H](c4ccc(O[C@H](C)[C@H](O)c5ccc6c(c5)OCO6)c(OC)c4)[C@@H](C)[C@@H]3C)cc2OC)ccc1O. The number of phenolic OH excluding ortho intramolecular Hbond substituents is 1. The number of aliphatic hydroxyl groups excluding tert-OH is 2. The Bertz CT molecular complexity index is 1740. The Morgan fingerprint density at radius 2 is 1.08 bits per heavy atom. The molecule has 0 unspecified atom stereocenters. The van der Waals surface area contributed by atoms with Crippen LogP contribution < -0.4 is 33.2 Å². The maximum Gasteiger partial charge on any atom is 0.231 e. The molecule has 11 nitrogen and oxygen atoms in total. The lowest BCUT2D eigenvalue weighted by molar-refractivity contribution is 0.0281. The standard InChI is InChI=1S/C40H46O11/c1-21-22(2)40(28-11-15-32(35(19-28)46-7)50-24(4)38(43)26-9-13-30-36(17-26)48-20-47-30)51-39(21)27-10-14-31(34(18-27)45-6)49-23(3)37(42)25-8-12-29(41)33(16-25)44-5/h8-19,21-24,37-43H,20H2,1-7H3/t21-,22-,23-,24+,37-,38-,39-,40-/m0/s1. The van der Waals surface area contributed by atoms with Gasteiger partial charge in [0.05, 0.1) is 33.5 Å². The highest BCUT2D eigenvalue weighted by molar-refractivity contribution is 5.48. The van der Waals surface area contributed by atoms with Crippen molar-refractivity contribution in [2.75, 3.05) is 28.1 Å². The van der Waals surface area contributed by atoms with Gasteiger partial charge in [-0.3, -0.25) is 0 Å². The lowest BCUT2D eigenvalue weighted by Crippen LogP contribution is -2.22. The molecule has 4 aromatic rings. The van der Waals surface area contributed by atoms with Crippen molar-refractivity contribution >= 4 is 0 Å². The topological polar surface area (TPSA) is 135 Å². The second-order valence-corrected chi connectivity index (χ2v) is 13.1. The highest BCUT2D eigenvalue weighted by atomic mass is 16.7. The van der Waals surface area contributed by atoms with E-state index in [1.165, 1.54) is 13.2 Å². The van der Waals surface area contributed by atoms with Crippen LogP contribution in [-0.4, -0.2) is 55.6 Å². The number of phenols is 1. The molecule has 3 N–H and O–H groups in total. The molecule has 4 aromatic carbocycles. The van der Waals surface area contributed by atoms with E-state index in [1.54, 1.807) is 58.4 Å². The molecule has 51 heavy (non-hydrogen) atoms. The van der Waals surface area contributed by atoms with Gasteiger partial charge in [0.15, 0.2) is 46.0 Å². The van der Waals surface area contributed by atoms with E-state index in [0.29, 0.717) is 45.6 Å². The van der Waals surface area contributed by atoms with Crippen molar-refractivity contribution < 1.29 is 53.2 Å². The molecule has 8 atom stereocenters. The summed E-state index contributed by atoms with van der Waals surface area (Å²) < 4.78 is 46.6. The van der Waals surface area contributed by atoms with Gasteiger partial charge in [-0.2, -0.15) is 0 Å². The zero-order chi connectivity index (χ0) is 36.4. The van der Waals surface area contributed by atoms with Crippen LogP contribution in [-0.2, 0) is 4.74 Å². The third kappa shape index (κ3) is 7.33. The first-order valence-electron chi connectivity index (χ1n) is 17.0. The molecule has 1 saturated heterocycles. The minimum Gasteiger partial charge on any atom is -0.504 e. The fourth-order valence-corrected chi connectivity index (χ4v) is 6.69. The normalized spacial score (nSPS) is 21.7. The maximum absolute atomic E-state index is 11.0. The van der Waals surface area contributed by atoms with Crippen LogP contribution in [0.4, 0.5) is 0 Å². The number of rotatable bonds is 13. The summed E-state index contributed by atoms with van der Waals surface area (Å²) in [6.07, 6.45) is -3.55. The molecule has 2 heterocycles. The van der Waals surface area contributed by atoms with Crippen LogP contribution in [0.2, 0.25) is 0 Å². The van der Waals surface area contributed by atoms with Gasteiger partial charge >= 0.3 is 0 Å². The van der Waals surface area contributed by atoms with Gasteiger partial charge in [0.25, 0.3) is 0 Å². The second-order valence-electron chi connectivity index (χ2n) is 13.1. The molecule has 272 valence electrons. The molecule has 2 aliphatic heterocycles. The molecule has 0 radical (unpaired) electrons. The predicted molar refractivity (Wildman–Crippen MR) is 188 cm³/mol. The largest absolute Gasteiger partial charge is 0.504 e. The summed E-state index contributed by atoms with van der Waals surface area (Å²) in [7, 11) is 4.62. The molecular weight excluding hydrogens is 656 g/mol. The van der Waals surface area contributed by atoms with E-state index in [0.717, 1.165) is 11.1 Å². The summed E-state index contributed by atoms with van der Waals surface area (Å²) in [4.78, 5) is 0. The molecule has 1 fully saturated rings. The van der Waals surface area contributed by atoms with E-state index < -0.39 is 24.4 Å². The van der Waals surface area contributed by atoms with Crippen molar-refractivity contribution in [3.05, 3.63) is 95.1 Å². The third-order valence-corrected chi connectivity index (χ3v) is 9.91. The van der Waals surface area contributed by atoms with Gasteiger partial charge in [-0.1, -0.05) is 38.1 Å². The van der Waals surface area contributed by atoms with Gasteiger partial charge in [0, 0.05) is 0 Å². The average Bonchev–Trinajstić information content (AvgIpc) is 3.74. The van der Waals surface area contributed by atoms with Gasteiger partial charge in [-0.25, -0.2) is 0 Å². The second kappa shape index (κ2) is 15.2. The number of hydrogen-bond donors (Lipinski definition) is 3. The van der Waals surface area contributed by atoms with Crippen LogP contribution in [0.25, 0.3) is 0 Å². The third-order valence-electron chi connectivity index (χ3n) is 9.91. The molecule has 0 spiro atoms. The van der Waals surface area contributed by atoms with Crippen LogP contribution >= 0.6 is 0 Å². The maximum atomic E-state index is 11.0. The lowest BCUT2D eigenvalue weighted by atomic mass is 9.85. The number of fused-ring (bicyclic) bond motifs is 1. The van der Waals surface area contributed by atoms with Gasteiger partial charge in [-0.15, -0.1) is 0 Å². The number of hydrogen-bond acceptors (Lipinski definition) is 11. The Balaban J connectivity index is 1.14. The van der Waals surface area contributed by atoms with Crippen molar-refractivity contribution in [1.82, 2.24) is 0 Å². The summed E-state index contributed by atoms with van der Waals surface area (Å²) >= 11 is 0. The zero-order valence-electron chi connectivity index (χ0n) is 29.9. The Morgan fingerprint density at radius 3 is 1.61 bits per heavy atom. The first-order valence-corrected chi connectivity index (χ1v) is 17.0. The minimum absolute atomic E-state index is 0.00959. The first-order chi connectivity index (χ1) is 24.5. The minimum atomic E-state index is -0.985. The Hall–Kier alpha value is -4.84. The van der Waals surface area contributed by atoms with E-state index >= 15 is 0 Å². The Morgan fingerprint density at radius 1 is 0.588 bits per heavy atom. The summed E-state index contributed by atoms with van der Waals surface area (Å²) in [5, 5.41) is 32.0. The quantitative estimate of drug-likeness (QED) is 0.130. The van der Waals surface area contributed by atoms with Crippen molar-refractivity contribution in [1.29, 1.82) is 0 Å². The first kappa shape index (κ1) is 36.0. The lowest BCUT2D eigenvalue weighted by Gasteiger charge is -2.24. The summed E-state index contributed by atoms with van der Waals surface area (Å²) in [6.45, 7) is 8.07. The number of aliphatic hydroxyl groups is 2. The molecular formula is C40H46O11. The van der Waals surface area contributed by atoms with E-state index in [4.69, 9.17) is 37.9 Å². The van der Waals surface area contributed by atoms with Gasteiger partial charge in [0.1, 0.15) is 24.4 Å². The van der Waals surface area contributed by atoms with Crippen LogP contribution in [0.5, 0.6) is 46.0 Å². The van der Waals surface area contributed by atoms with E-state index in [9.17, 15) is 15.3 Å². The number of benzene rings is 4. The monoisotopic (exact) mass is 702 g/mol. The Kier molecular flexibility index (Phi) is 10.7. The number of ether oxygens (including phenoxy) is 8. The van der Waals surface area contributed by atoms with Crippen molar-refractivity contribution in [3.8, 4) is 46.0 Å². The highest BCUT2D eigenvalue weighted by Gasteiger charge is 2.41. The molecule has 11 heteroatoms. The molecule has 0 aliphatic carbocycles. The molecule has 6 rings (SSSR count). The van der Waals surface area contributed by atoms with Crippen molar-refractivity contribution in [2.45, 2.75) is 64.3 Å². The fraction of sp³-hybridized carbons (Fsp3) is 0.400. The van der Waals surface area contributed by atoms with Crippen molar-refractivity contribution in [3.63, 3.8) is 0 Å². The van der Waals surface area contributed by atoms with Gasteiger partial charge in [-0.05, 0) is 96.5 Å². The summed E-state index contributed by atoms with van der Waals surface area (Å²) in [5.41, 5.74) is 3.10. The molecule has 0 amide bonds. The van der Waals surface area contributed by atoms with Crippen LogP contribution in [0, 0.1) is 11.8 Å². The molecule has 2 aliphatic rings. The average molecular weight is 703 g/mol. The fourth-order valence-electron chi connectivity index (χ4n) is 6.69.